The van der Waals surface area contributed by atoms with Crippen molar-refractivity contribution in [3.8, 4) is 0 Å². The van der Waals surface area contributed by atoms with Gasteiger partial charge in [-0.1, -0.05) is 50.5 Å². The lowest BCUT2D eigenvalue weighted by Gasteiger charge is -2.31. The number of hydrogen-bond donors (Lipinski definition) is 2. The van der Waals surface area contributed by atoms with Crippen LogP contribution in [0.1, 0.15) is 63.0 Å². The Morgan fingerprint density at radius 3 is 2.22 bits per heavy atom. The summed E-state index contributed by atoms with van der Waals surface area (Å²) in [6.07, 6.45) is 7.57. The smallest absolute Gasteiger partial charge is 0.240 e. The van der Waals surface area contributed by atoms with Crippen molar-refractivity contribution in [2.24, 2.45) is 11.7 Å². The molecule has 1 aliphatic heterocycles. The molecule has 27 heavy (non-hydrogen) atoms. The highest BCUT2D eigenvalue weighted by molar-refractivity contribution is 5.86. The third-order valence-corrected chi connectivity index (χ3v) is 5.96. The Morgan fingerprint density at radius 1 is 1.07 bits per heavy atom. The Morgan fingerprint density at radius 2 is 1.63 bits per heavy atom. The SMILES string of the molecule is CC1CCN(Cc2ccc(CNC(=O)C3(N)CCCCC3)cc2)CC1.Cl.Cl. The molecular weight excluding hydrogens is 381 g/mol. The predicted molar refractivity (Wildman–Crippen MR) is 116 cm³/mol. The zero-order valence-electron chi connectivity index (χ0n) is 16.4. The van der Waals surface area contributed by atoms with Crippen molar-refractivity contribution >= 4 is 30.7 Å². The molecule has 1 aromatic rings. The van der Waals surface area contributed by atoms with E-state index in [-0.39, 0.29) is 30.7 Å². The molecule has 1 aromatic carbocycles. The first-order valence-electron chi connectivity index (χ1n) is 9.92. The van der Waals surface area contributed by atoms with Crippen LogP contribution in [0.25, 0.3) is 0 Å². The zero-order chi connectivity index (χ0) is 17.7. The Bertz CT molecular complexity index is 565. The third-order valence-electron chi connectivity index (χ3n) is 5.96. The molecule has 4 nitrogen and oxygen atoms in total. The van der Waals surface area contributed by atoms with Crippen molar-refractivity contribution < 1.29 is 4.79 Å². The lowest BCUT2D eigenvalue weighted by Crippen LogP contribution is -2.54. The van der Waals surface area contributed by atoms with E-state index in [0.29, 0.717) is 6.54 Å². The molecule has 6 heteroatoms. The molecule has 1 saturated heterocycles. The van der Waals surface area contributed by atoms with Gasteiger partial charge in [0.25, 0.3) is 0 Å². The van der Waals surface area contributed by atoms with Gasteiger partial charge in [0, 0.05) is 13.1 Å². The number of carbonyl (C=O) groups excluding carboxylic acids is 1. The van der Waals surface area contributed by atoms with Gasteiger partial charge in [0.15, 0.2) is 0 Å². The summed E-state index contributed by atoms with van der Waals surface area (Å²) in [5.74, 6) is 0.885. The van der Waals surface area contributed by atoms with Crippen LogP contribution in [0.5, 0.6) is 0 Å². The first-order chi connectivity index (χ1) is 12.0. The van der Waals surface area contributed by atoms with E-state index in [1.165, 1.54) is 37.9 Å². The van der Waals surface area contributed by atoms with Gasteiger partial charge >= 0.3 is 0 Å². The van der Waals surface area contributed by atoms with Crippen molar-refractivity contribution in [3.05, 3.63) is 35.4 Å². The molecule has 0 bridgehead atoms. The minimum absolute atomic E-state index is 0. The monoisotopic (exact) mass is 415 g/mol. The molecule has 1 heterocycles. The summed E-state index contributed by atoms with van der Waals surface area (Å²) in [4.78, 5) is 14.9. The fourth-order valence-electron chi connectivity index (χ4n) is 4.01. The van der Waals surface area contributed by atoms with Gasteiger partial charge in [-0.15, -0.1) is 24.8 Å². The number of likely N-dealkylation sites (tertiary alicyclic amines) is 1. The Balaban J connectivity index is 0.00000182. The van der Waals surface area contributed by atoms with Crippen LogP contribution in [0.3, 0.4) is 0 Å². The van der Waals surface area contributed by atoms with Gasteiger partial charge in [0.05, 0.1) is 5.54 Å². The largest absolute Gasteiger partial charge is 0.350 e. The quantitative estimate of drug-likeness (QED) is 0.762. The molecule has 1 aliphatic carbocycles. The molecule has 3 N–H and O–H groups in total. The van der Waals surface area contributed by atoms with E-state index in [2.05, 4.69) is 41.4 Å². The normalized spacial score (nSPS) is 20.2. The highest BCUT2D eigenvalue weighted by Crippen LogP contribution is 2.26. The van der Waals surface area contributed by atoms with Crippen molar-refractivity contribution in [2.45, 2.75) is 70.5 Å². The summed E-state index contributed by atoms with van der Waals surface area (Å²) in [6, 6.07) is 8.65. The minimum atomic E-state index is -0.649. The van der Waals surface area contributed by atoms with Gasteiger partial charge in [-0.3, -0.25) is 9.69 Å². The topological polar surface area (TPSA) is 58.4 Å². The first-order valence-corrected chi connectivity index (χ1v) is 9.92. The molecular formula is C21H35Cl2N3O. The van der Waals surface area contributed by atoms with E-state index >= 15 is 0 Å². The van der Waals surface area contributed by atoms with Crippen LogP contribution in [-0.2, 0) is 17.9 Å². The zero-order valence-corrected chi connectivity index (χ0v) is 18.0. The Kier molecular flexibility index (Phi) is 10.1. The average Bonchev–Trinajstić information content (AvgIpc) is 2.63. The maximum Gasteiger partial charge on any atom is 0.240 e. The number of amides is 1. The van der Waals surface area contributed by atoms with Gasteiger partial charge in [0.1, 0.15) is 0 Å². The van der Waals surface area contributed by atoms with Gasteiger partial charge < -0.3 is 11.1 Å². The molecule has 0 radical (unpaired) electrons. The summed E-state index contributed by atoms with van der Waals surface area (Å²) in [5, 5.41) is 3.04. The number of nitrogens with one attached hydrogen (secondary N) is 1. The van der Waals surface area contributed by atoms with E-state index in [4.69, 9.17) is 5.73 Å². The highest BCUT2D eigenvalue weighted by Gasteiger charge is 2.34. The molecule has 154 valence electrons. The molecule has 1 saturated carbocycles. The molecule has 0 atom stereocenters. The molecule has 0 unspecified atom stereocenters. The van der Waals surface area contributed by atoms with E-state index in [0.717, 1.165) is 43.7 Å². The van der Waals surface area contributed by atoms with E-state index < -0.39 is 5.54 Å². The number of halogens is 2. The van der Waals surface area contributed by atoms with Gasteiger partial charge in [-0.25, -0.2) is 0 Å². The Hall–Kier alpha value is -0.810. The lowest BCUT2D eigenvalue weighted by atomic mass is 9.82. The number of benzene rings is 1. The molecule has 3 rings (SSSR count). The van der Waals surface area contributed by atoms with Gasteiger partial charge in [-0.2, -0.15) is 0 Å². The number of nitrogens with zero attached hydrogens (tertiary/aromatic N) is 1. The van der Waals surface area contributed by atoms with Crippen molar-refractivity contribution in [2.75, 3.05) is 13.1 Å². The average molecular weight is 416 g/mol. The van der Waals surface area contributed by atoms with Gasteiger partial charge in [0.2, 0.25) is 5.91 Å². The van der Waals surface area contributed by atoms with Crippen molar-refractivity contribution in [1.82, 2.24) is 10.2 Å². The molecule has 0 aromatic heterocycles. The van der Waals surface area contributed by atoms with E-state index in [9.17, 15) is 4.79 Å². The van der Waals surface area contributed by atoms with E-state index in [1.807, 2.05) is 0 Å². The third kappa shape index (κ3) is 6.94. The Labute approximate surface area is 176 Å². The van der Waals surface area contributed by atoms with Crippen LogP contribution in [-0.4, -0.2) is 29.4 Å². The second-order valence-corrected chi connectivity index (χ2v) is 8.17. The van der Waals surface area contributed by atoms with Crippen LogP contribution in [0.2, 0.25) is 0 Å². The molecule has 2 aliphatic rings. The van der Waals surface area contributed by atoms with Gasteiger partial charge in [-0.05, 0) is 55.8 Å². The maximum atomic E-state index is 12.4. The number of carbonyl (C=O) groups is 1. The lowest BCUT2D eigenvalue weighted by molar-refractivity contribution is -0.127. The standard InChI is InChI=1S/C21H33N3O.2ClH/c1-17-9-13-24(14-10-17)16-19-7-5-18(6-8-19)15-23-20(25)21(22)11-3-2-4-12-21;;/h5-8,17H,2-4,9-16,22H2,1H3,(H,23,25);2*1H. The fraction of sp³-hybridized carbons (Fsp3) is 0.667. The van der Waals surface area contributed by atoms with Crippen LogP contribution < -0.4 is 11.1 Å². The van der Waals surface area contributed by atoms with E-state index in [1.54, 1.807) is 0 Å². The summed E-state index contributed by atoms with van der Waals surface area (Å²) in [6.45, 7) is 6.36. The molecule has 1 amide bonds. The van der Waals surface area contributed by atoms with Crippen molar-refractivity contribution in [1.29, 1.82) is 0 Å². The number of rotatable bonds is 5. The van der Waals surface area contributed by atoms with Crippen LogP contribution in [0.4, 0.5) is 0 Å². The highest BCUT2D eigenvalue weighted by atomic mass is 35.5. The number of piperidine rings is 1. The summed E-state index contributed by atoms with van der Waals surface area (Å²) < 4.78 is 0. The van der Waals surface area contributed by atoms with Crippen LogP contribution >= 0.6 is 24.8 Å². The first kappa shape index (κ1) is 24.2. The number of hydrogen-bond acceptors (Lipinski definition) is 3. The van der Waals surface area contributed by atoms with Crippen LogP contribution in [0.15, 0.2) is 24.3 Å². The molecule has 0 spiro atoms. The minimum Gasteiger partial charge on any atom is -0.350 e. The predicted octanol–water partition coefficient (Wildman–Crippen LogP) is 4.04. The van der Waals surface area contributed by atoms with Crippen LogP contribution in [0, 0.1) is 5.92 Å². The molecule has 2 fully saturated rings. The second-order valence-electron chi connectivity index (χ2n) is 8.17. The summed E-state index contributed by atoms with van der Waals surface area (Å²) >= 11 is 0. The summed E-state index contributed by atoms with van der Waals surface area (Å²) in [5.41, 5.74) is 8.13. The summed E-state index contributed by atoms with van der Waals surface area (Å²) in [7, 11) is 0. The fourth-order valence-corrected chi connectivity index (χ4v) is 4.01. The maximum absolute atomic E-state index is 12.4. The second kappa shape index (κ2) is 11.3. The van der Waals surface area contributed by atoms with Crippen molar-refractivity contribution in [3.63, 3.8) is 0 Å². The number of nitrogens with two attached hydrogens (primary N) is 1.